The normalized spacial score (nSPS) is 15.6. The van der Waals surface area contributed by atoms with E-state index in [0.29, 0.717) is 18.4 Å². The summed E-state index contributed by atoms with van der Waals surface area (Å²) in [7, 11) is 0. The third kappa shape index (κ3) is 5.27. The van der Waals surface area contributed by atoms with Crippen LogP contribution in [0.4, 0.5) is 0 Å². The van der Waals surface area contributed by atoms with Crippen LogP contribution in [0.25, 0.3) is 0 Å². The molecule has 0 heterocycles. The molecule has 2 atom stereocenters. The van der Waals surface area contributed by atoms with Gasteiger partial charge in [-0.25, -0.2) is 4.79 Å². The van der Waals surface area contributed by atoms with Crippen LogP contribution in [-0.4, -0.2) is 29.2 Å². The molecule has 0 aromatic heterocycles. The van der Waals surface area contributed by atoms with Gasteiger partial charge in [-0.2, -0.15) is 0 Å². The standard InChI is InChI=1S/C10H17NO4/c1-4-5-9(11-15-8(3)13)10(14)7(2)6-12/h6-7,10,14H,4-5H2,1-3H3/b11-9+/t7-,10-/m1/s1. The van der Waals surface area contributed by atoms with Crippen molar-refractivity contribution in [1.29, 1.82) is 0 Å². The number of aliphatic hydroxyl groups excluding tert-OH is 1. The number of hydrogen-bond donors (Lipinski definition) is 1. The molecule has 0 aliphatic carbocycles. The largest absolute Gasteiger partial charge is 0.386 e. The van der Waals surface area contributed by atoms with Crippen LogP contribution in [0, 0.1) is 5.92 Å². The van der Waals surface area contributed by atoms with Gasteiger partial charge >= 0.3 is 5.97 Å². The number of oxime groups is 1. The quantitative estimate of drug-likeness (QED) is 0.309. The third-order valence-electron chi connectivity index (χ3n) is 1.85. The molecule has 0 rings (SSSR count). The van der Waals surface area contributed by atoms with Gasteiger partial charge in [0.05, 0.1) is 5.71 Å². The lowest BCUT2D eigenvalue weighted by molar-refractivity contribution is -0.141. The van der Waals surface area contributed by atoms with Crippen molar-refractivity contribution >= 4 is 18.0 Å². The zero-order valence-electron chi connectivity index (χ0n) is 9.27. The van der Waals surface area contributed by atoms with Crippen molar-refractivity contribution in [2.45, 2.75) is 39.7 Å². The number of carbonyl (C=O) groups is 2. The van der Waals surface area contributed by atoms with Crippen LogP contribution in [0.5, 0.6) is 0 Å². The first kappa shape index (κ1) is 13.8. The molecule has 0 saturated heterocycles. The van der Waals surface area contributed by atoms with Crippen LogP contribution >= 0.6 is 0 Å². The van der Waals surface area contributed by atoms with E-state index in [2.05, 4.69) is 9.99 Å². The molecule has 0 aliphatic heterocycles. The number of aldehydes is 1. The van der Waals surface area contributed by atoms with Crippen molar-refractivity contribution in [2.75, 3.05) is 0 Å². The first-order valence-electron chi connectivity index (χ1n) is 4.90. The van der Waals surface area contributed by atoms with Gasteiger partial charge in [-0.15, -0.1) is 0 Å². The second kappa shape index (κ2) is 7.11. The molecule has 0 radical (unpaired) electrons. The molecule has 0 unspecified atom stereocenters. The molecular formula is C10H17NO4. The summed E-state index contributed by atoms with van der Waals surface area (Å²) >= 11 is 0. The molecule has 1 N–H and O–H groups in total. The van der Waals surface area contributed by atoms with Gasteiger partial charge in [0, 0.05) is 12.8 Å². The van der Waals surface area contributed by atoms with Crippen molar-refractivity contribution in [3.05, 3.63) is 0 Å². The molecule has 0 amide bonds. The topological polar surface area (TPSA) is 76.0 Å². The maximum Gasteiger partial charge on any atom is 0.331 e. The summed E-state index contributed by atoms with van der Waals surface area (Å²) < 4.78 is 0. The van der Waals surface area contributed by atoms with Crippen LogP contribution in [0.3, 0.4) is 0 Å². The Hall–Kier alpha value is -1.23. The van der Waals surface area contributed by atoms with Crippen molar-refractivity contribution < 1.29 is 19.5 Å². The van der Waals surface area contributed by atoms with Crippen LogP contribution in [0.1, 0.15) is 33.6 Å². The third-order valence-corrected chi connectivity index (χ3v) is 1.85. The highest BCUT2D eigenvalue weighted by Crippen LogP contribution is 2.07. The summed E-state index contributed by atoms with van der Waals surface area (Å²) in [5.74, 6) is -1.10. The average Bonchev–Trinajstić information content (AvgIpc) is 2.21. The van der Waals surface area contributed by atoms with Gasteiger partial charge in [-0.1, -0.05) is 25.4 Å². The number of hydrogen-bond acceptors (Lipinski definition) is 5. The molecule has 15 heavy (non-hydrogen) atoms. The smallest absolute Gasteiger partial charge is 0.331 e. The predicted octanol–water partition coefficient (Wildman–Crippen LogP) is 0.901. The molecule has 0 spiro atoms. The Morgan fingerprint density at radius 1 is 1.60 bits per heavy atom. The second-order valence-electron chi connectivity index (χ2n) is 3.36. The van der Waals surface area contributed by atoms with E-state index < -0.39 is 18.0 Å². The van der Waals surface area contributed by atoms with Crippen LogP contribution in [0.2, 0.25) is 0 Å². The van der Waals surface area contributed by atoms with Crippen LogP contribution in [0.15, 0.2) is 5.16 Å². The Bertz CT molecular complexity index is 250. The predicted molar refractivity (Wildman–Crippen MR) is 55.3 cm³/mol. The summed E-state index contributed by atoms with van der Waals surface area (Å²) in [5.41, 5.74) is 0.326. The van der Waals surface area contributed by atoms with E-state index >= 15 is 0 Å². The maximum absolute atomic E-state index is 10.5. The van der Waals surface area contributed by atoms with Gasteiger partial charge in [-0.3, -0.25) is 0 Å². The molecular weight excluding hydrogens is 198 g/mol. The minimum Gasteiger partial charge on any atom is -0.386 e. The van der Waals surface area contributed by atoms with Crippen molar-refractivity contribution in [1.82, 2.24) is 0 Å². The monoisotopic (exact) mass is 215 g/mol. The van der Waals surface area contributed by atoms with E-state index in [1.165, 1.54) is 6.92 Å². The van der Waals surface area contributed by atoms with Gasteiger partial charge in [0.15, 0.2) is 0 Å². The Morgan fingerprint density at radius 2 is 2.20 bits per heavy atom. The Balaban J connectivity index is 4.55. The molecule has 0 bridgehead atoms. The van der Waals surface area contributed by atoms with Crippen molar-refractivity contribution in [2.24, 2.45) is 11.1 Å². The molecule has 86 valence electrons. The number of carbonyl (C=O) groups excluding carboxylic acids is 2. The zero-order chi connectivity index (χ0) is 11.8. The minimum absolute atomic E-state index is 0.326. The molecule has 5 heteroatoms. The Kier molecular flexibility index (Phi) is 6.53. The van der Waals surface area contributed by atoms with E-state index in [1.807, 2.05) is 6.92 Å². The first-order chi connectivity index (χ1) is 7.02. The van der Waals surface area contributed by atoms with Gasteiger partial charge in [-0.05, 0) is 6.42 Å². The summed E-state index contributed by atoms with van der Waals surface area (Å²) in [6.07, 6.45) is 0.903. The lowest BCUT2D eigenvalue weighted by Crippen LogP contribution is -2.29. The van der Waals surface area contributed by atoms with E-state index in [0.717, 1.165) is 6.42 Å². The Labute approximate surface area is 89.1 Å². The number of rotatable bonds is 6. The summed E-state index contributed by atoms with van der Waals surface area (Å²) in [6.45, 7) is 4.71. The lowest BCUT2D eigenvalue weighted by Gasteiger charge is -2.14. The summed E-state index contributed by atoms with van der Waals surface area (Å²) in [4.78, 5) is 25.4. The van der Waals surface area contributed by atoms with Gasteiger partial charge in [0.1, 0.15) is 12.4 Å². The number of nitrogens with zero attached hydrogens (tertiary/aromatic N) is 1. The van der Waals surface area contributed by atoms with E-state index in [-0.39, 0.29) is 0 Å². The number of aliphatic hydroxyl groups is 1. The highest BCUT2D eigenvalue weighted by molar-refractivity contribution is 5.90. The fraction of sp³-hybridized carbons (Fsp3) is 0.700. The maximum atomic E-state index is 10.5. The van der Waals surface area contributed by atoms with E-state index in [4.69, 9.17) is 0 Å². The summed E-state index contributed by atoms with van der Waals surface area (Å²) in [5, 5.41) is 13.2. The Morgan fingerprint density at radius 3 is 2.60 bits per heavy atom. The summed E-state index contributed by atoms with van der Waals surface area (Å²) in [6, 6.07) is 0. The zero-order valence-corrected chi connectivity index (χ0v) is 9.27. The molecule has 0 aromatic rings. The average molecular weight is 215 g/mol. The fourth-order valence-electron chi connectivity index (χ4n) is 1.00. The SMILES string of the molecule is CCC/C(=N\OC(C)=O)[C@H](O)[C@H](C)C=O. The van der Waals surface area contributed by atoms with Crippen LogP contribution < -0.4 is 0 Å². The van der Waals surface area contributed by atoms with Gasteiger partial charge in [0.25, 0.3) is 0 Å². The highest BCUT2D eigenvalue weighted by atomic mass is 16.7. The molecule has 0 aromatic carbocycles. The van der Waals surface area contributed by atoms with Gasteiger partial charge < -0.3 is 14.7 Å². The highest BCUT2D eigenvalue weighted by Gasteiger charge is 2.20. The van der Waals surface area contributed by atoms with Crippen molar-refractivity contribution in [3.8, 4) is 0 Å². The van der Waals surface area contributed by atoms with Crippen LogP contribution in [-0.2, 0) is 14.4 Å². The molecule has 0 saturated carbocycles. The lowest BCUT2D eigenvalue weighted by atomic mass is 9.99. The van der Waals surface area contributed by atoms with Crippen molar-refractivity contribution in [3.63, 3.8) is 0 Å². The fourth-order valence-corrected chi connectivity index (χ4v) is 1.00. The molecule has 5 nitrogen and oxygen atoms in total. The van der Waals surface area contributed by atoms with E-state index in [9.17, 15) is 14.7 Å². The minimum atomic E-state index is -0.984. The molecule has 0 fully saturated rings. The molecule has 0 aliphatic rings. The first-order valence-corrected chi connectivity index (χ1v) is 4.90. The van der Waals surface area contributed by atoms with Gasteiger partial charge in [0.2, 0.25) is 0 Å². The second-order valence-corrected chi connectivity index (χ2v) is 3.36. The van der Waals surface area contributed by atoms with E-state index in [1.54, 1.807) is 6.92 Å².